The summed E-state index contributed by atoms with van der Waals surface area (Å²) in [5, 5.41) is 11.9. The Kier molecular flexibility index (Phi) is 5.81. The van der Waals surface area contributed by atoms with Crippen LogP contribution in [0.3, 0.4) is 0 Å². The highest BCUT2D eigenvalue weighted by molar-refractivity contribution is 7.98. The molecular formula is C19H18N2O3S. The first kappa shape index (κ1) is 17.2. The fraction of sp³-hybridized carbons (Fsp3) is 0.263. The summed E-state index contributed by atoms with van der Waals surface area (Å²) in [5.41, 5.74) is 1.72. The van der Waals surface area contributed by atoms with E-state index in [0.717, 1.165) is 17.1 Å². The fourth-order valence-corrected chi connectivity index (χ4v) is 3.31. The molecule has 128 valence electrons. The summed E-state index contributed by atoms with van der Waals surface area (Å²) in [4.78, 5) is 12.2. The van der Waals surface area contributed by atoms with E-state index in [2.05, 4.69) is 11.4 Å². The second-order valence-electron chi connectivity index (χ2n) is 5.48. The number of nitrogens with one attached hydrogen (secondary N) is 1. The molecule has 0 bridgehead atoms. The zero-order chi connectivity index (χ0) is 17.5. The van der Waals surface area contributed by atoms with Crippen LogP contribution in [-0.2, 0) is 10.5 Å². The van der Waals surface area contributed by atoms with Crippen molar-refractivity contribution in [2.75, 3.05) is 18.9 Å². The van der Waals surface area contributed by atoms with E-state index in [1.165, 1.54) is 0 Å². The Hall–Kier alpha value is -2.65. The lowest BCUT2D eigenvalue weighted by atomic mass is 10.1. The van der Waals surface area contributed by atoms with Gasteiger partial charge in [0, 0.05) is 18.1 Å². The van der Waals surface area contributed by atoms with Crippen molar-refractivity contribution in [3.8, 4) is 17.6 Å². The molecule has 5 nitrogen and oxygen atoms in total. The highest BCUT2D eigenvalue weighted by Crippen LogP contribution is 2.30. The Labute approximate surface area is 150 Å². The van der Waals surface area contributed by atoms with Gasteiger partial charge in [-0.2, -0.15) is 17.0 Å². The maximum Gasteiger partial charge on any atom is 0.264 e. The Balaban J connectivity index is 1.40. The van der Waals surface area contributed by atoms with Crippen LogP contribution >= 0.6 is 11.8 Å². The maximum atomic E-state index is 12.2. The third kappa shape index (κ3) is 4.46. The van der Waals surface area contributed by atoms with Crippen molar-refractivity contribution in [3.05, 3.63) is 59.7 Å². The summed E-state index contributed by atoms with van der Waals surface area (Å²) < 4.78 is 11.2. The normalized spacial score (nSPS) is 15.2. The van der Waals surface area contributed by atoms with E-state index in [0.29, 0.717) is 23.6 Å². The molecule has 1 atom stereocenters. The summed E-state index contributed by atoms with van der Waals surface area (Å²) in [5.74, 6) is 2.59. The third-order valence-corrected chi connectivity index (χ3v) is 4.75. The number of fused-ring (bicyclic) bond motifs is 1. The molecule has 0 unspecified atom stereocenters. The number of para-hydroxylation sites is 2. The third-order valence-electron chi connectivity index (χ3n) is 3.74. The van der Waals surface area contributed by atoms with Crippen LogP contribution in [0.4, 0.5) is 0 Å². The second-order valence-corrected chi connectivity index (χ2v) is 6.58. The number of benzene rings is 2. The number of carbonyl (C=O) groups is 1. The number of rotatable bonds is 6. The number of hydrogen-bond acceptors (Lipinski definition) is 5. The molecule has 3 rings (SSSR count). The number of hydrogen-bond donors (Lipinski definition) is 1. The van der Waals surface area contributed by atoms with Crippen molar-refractivity contribution in [1.82, 2.24) is 5.32 Å². The summed E-state index contributed by atoms with van der Waals surface area (Å²) in [6.45, 7) is 0.755. The Morgan fingerprint density at radius 1 is 1.20 bits per heavy atom. The predicted molar refractivity (Wildman–Crippen MR) is 96.7 cm³/mol. The molecule has 0 saturated carbocycles. The van der Waals surface area contributed by atoms with Gasteiger partial charge in [-0.25, -0.2) is 0 Å². The van der Waals surface area contributed by atoms with Crippen molar-refractivity contribution < 1.29 is 14.3 Å². The quantitative estimate of drug-likeness (QED) is 0.808. The molecule has 2 aromatic rings. The lowest BCUT2D eigenvalue weighted by Crippen LogP contribution is -2.44. The topological polar surface area (TPSA) is 71.4 Å². The molecule has 1 aliphatic heterocycles. The van der Waals surface area contributed by atoms with Gasteiger partial charge in [-0.3, -0.25) is 4.79 Å². The van der Waals surface area contributed by atoms with Crippen LogP contribution in [0.1, 0.15) is 11.1 Å². The van der Waals surface area contributed by atoms with Crippen molar-refractivity contribution in [2.24, 2.45) is 0 Å². The molecule has 1 heterocycles. The molecule has 0 spiro atoms. The van der Waals surface area contributed by atoms with Gasteiger partial charge in [-0.05, 0) is 23.8 Å². The van der Waals surface area contributed by atoms with Crippen LogP contribution in [-0.4, -0.2) is 30.9 Å². The number of amides is 1. The Bertz CT molecular complexity index is 788. The van der Waals surface area contributed by atoms with E-state index in [4.69, 9.17) is 14.7 Å². The van der Waals surface area contributed by atoms with E-state index < -0.39 is 6.10 Å². The minimum atomic E-state index is -0.626. The maximum absolute atomic E-state index is 12.2. The van der Waals surface area contributed by atoms with Crippen molar-refractivity contribution in [1.29, 1.82) is 5.26 Å². The highest BCUT2D eigenvalue weighted by Gasteiger charge is 2.26. The van der Waals surface area contributed by atoms with Crippen LogP contribution in [0, 0.1) is 11.3 Å². The Morgan fingerprint density at radius 3 is 2.80 bits per heavy atom. The van der Waals surface area contributed by atoms with Crippen LogP contribution in [0.15, 0.2) is 48.5 Å². The number of nitriles is 1. The van der Waals surface area contributed by atoms with Gasteiger partial charge in [0.05, 0.1) is 11.6 Å². The van der Waals surface area contributed by atoms with Gasteiger partial charge in [0.15, 0.2) is 11.5 Å². The molecule has 0 aliphatic carbocycles. The summed E-state index contributed by atoms with van der Waals surface area (Å²) in [6, 6.07) is 17.1. The largest absolute Gasteiger partial charge is 0.485 e. The van der Waals surface area contributed by atoms with Gasteiger partial charge in [0.2, 0.25) is 6.10 Å². The first-order valence-corrected chi connectivity index (χ1v) is 9.15. The van der Waals surface area contributed by atoms with Gasteiger partial charge in [-0.1, -0.05) is 30.3 Å². The van der Waals surface area contributed by atoms with E-state index >= 15 is 0 Å². The zero-order valence-electron chi connectivity index (χ0n) is 13.6. The van der Waals surface area contributed by atoms with E-state index in [1.54, 1.807) is 17.8 Å². The highest BCUT2D eigenvalue weighted by atomic mass is 32.2. The number of carbonyl (C=O) groups excluding carboxylic acids is 1. The van der Waals surface area contributed by atoms with Gasteiger partial charge in [-0.15, -0.1) is 0 Å². The van der Waals surface area contributed by atoms with E-state index in [9.17, 15) is 4.79 Å². The SMILES string of the molecule is N#Cc1ccccc1CSCCNC(=O)[C@@H]1COc2ccccc2O1. The first-order valence-electron chi connectivity index (χ1n) is 8.00. The van der Waals surface area contributed by atoms with Gasteiger partial charge >= 0.3 is 0 Å². The van der Waals surface area contributed by atoms with E-state index in [1.807, 2.05) is 42.5 Å². The van der Waals surface area contributed by atoms with Crippen molar-refractivity contribution in [3.63, 3.8) is 0 Å². The zero-order valence-corrected chi connectivity index (χ0v) is 14.4. The minimum Gasteiger partial charge on any atom is -0.485 e. The molecule has 1 aliphatic rings. The van der Waals surface area contributed by atoms with Crippen LogP contribution in [0.5, 0.6) is 11.5 Å². The lowest BCUT2D eigenvalue weighted by Gasteiger charge is -2.25. The molecule has 2 aromatic carbocycles. The smallest absolute Gasteiger partial charge is 0.264 e. The minimum absolute atomic E-state index is 0.174. The summed E-state index contributed by atoms with van der Waals surface area (Å²) in [6.07, 6.45) is -0.626. The van der Waals surface area contributed by atoms with Gasteiger partial charge in [0.1, 0.15) is 6.61 Å². The molecule has 0 aromatic heterocycles. The summed E-state index contributed by atoms with van der Waals surface area (Å²) >= 11 is 1.68. The van der Waals surface area contributed by atoms with Gasteiger partial charge < -0.3 is 14.8 Å². The molecule has 0 saturated heterocycles. The fourth-order valence-electron chi connectivity index (χ4n) is 2.45. The summed E-state index contributed by atoms with van der Waals surface area (Å²) in [7, 11) is 0. The lowest BCUT2D eigenvalue weighted by molar-refractivity contribution is -0.130. The number of thioether (sulfide) groups is 1. The number of ether oxygens (including phenoxy) is 2. The molecule has 6 heteroatoms. The number of nitrogens with zero attached hydrogens (tertiary/aromatic N) is 1. The van der Waals surface area contributed by atoms with Crippen molar-refractivity contribution in [2.45, 2.75) is 11.9 Å². The first-order chi connectivity index (χ1) is 12.3. The molecule has 25 heavy (non-hydrogen) atoms. The molecule has 1 amide bonds. The van der Waals surface area contributed by atoms with Crippen LogP contribution in [0.2, 0.25) is 0 Å². The van der Waals surface area contributed by atoms with Crippen LogP contribution < -0.4 is 14.8 Å². The molecule has 1 N–H and O–H groups in total. The average Bonchev–Trinajstić information content (AvgIpc) is 2.67. The molecular weight excluding hydrogens is 336 g/mol. The van der Waals surface area contributed by atoms with E-state index in [-0.39, 0.29) is 12.5 Å². The Morgan fingerprint density at radius 2 is 1.96 bits per heavy atom. The standard InChI is InChI=1S/C19H18N2O3S/c20-11-14-5-1-2-6-15(14)13-25-10-9-21-19(22)18-12-23-16-7-3-4-8-17(16)24-18/h1-8,18H,9-10,12-13H2,(H,21,22)/t18-/m0/s1. The molecule has 0 fully saturated rings. The monoisotopic (exact) mass is 354 g/mol. The molecule has 0 radical (unpaired) electrons. The average molecular weight is 354 g/mol. The van der Waals surface area contributed by atoms with Crippen molar-refractivity contribution >= 4 is 17.7 Å². The van der Waals surface area contributed by atoms with Gasteiger partial charge in [0.25, 0.3) is 5.91 Å². The predicted octanol–water partition coefficient (Wildman–Crippen LogP) is 2.75. The second kappa shape index (κ2) is 8.45. The van der Waals surface area contributed by atoms with Crippen LogP contribution in [0.25, 0.3) is 0 Å².